The van der Waals surface area contributed by atoms with E-state index in [1.807, 2.05) is 25.3 Å². The number of hydrogen-bond donors (Lipinski definition) is 3. The quantitative estimate of drug-likeness (QED) is 0.559. The molecule has 4 heteroatoms. The first-order valence-corrected chi connectivity index (χ1v) is 5.98. The molecule has 0 aromatic heterocycles. The minimum Gasteiger partial charge on any atom is -0.399 e. The van der Waals surface area contributed by atoms with Crippen LogP contribution in [0.2, 0.25) is 0 Å². The molecule has 0 heterocycles. The van der Waals surface area contributed by atoms with Crippen LogP contribution in [-0.2, 0) is 0 Å². The number of nitrogen functional groups attached to an aromatic ring is 1. The molecule has 0 spiro atoms. The highest BCUT2D eigenvalue weighted by Crippen LogP contribution is 2.03. The van der Waals surface area contributed by atoms with Crippen molar-refractivity contribution in [2.75, 3.05) is 12.8 Å². The fourth-order valence-corrected chi connectivity index (χ4v) is 1.40. The van der Waals surface area contributed by atoms with Crippen LogP contribution in [0.1, 0.15) is 16.8 Å². The van der Waals surface area contributed by atoms with Gasteiger partial charge >= 0.3 is 0 Å². The zero-order chi connectivity index (χ0) is 14.1. The van der Waals surface area contributed by atoms with Crippen molar-refractivity contribution in [2.24, 2.45) is 5.73 Å². The molecule has 1 aromatic rings. The van der Waals surface area contributed by atoms with Gasteiger partial charge in [-0.1, -0.05) is 12.2 Å². The monoisotopic (exact) mass is 257 g/mol. The molecule has 5 N–H and O–H groups in total. The van der Waals surface area contributed by atoms with Crippen molar-refractivity contribution in [3.05, 3.63) is 65.5 Å². The normalized spacial score (nSPS) is 13.3. The summed E-state index contributed by atoms with van der Waals surface area (Å²) in [5.41, 5.74) is 14.2. The lowest BCUT2D eigenvalue weighted by Crippen LogP contribution is -2.02. The number of anilines is 1. The van der Waals surface area contributed by atoms with Crippen molar-refractivity contribution >= 4 is 12.0 Å². The molecule has 0 saturated heterocycles. The van der Waals surface area contributed by atoms with Crippen molar-refractivity contribution < 1.29 is 4.79 Å². The Morgan fingerprint density at radius 2 is 1.79 bits per heavy atom. The largest absolute Gasteiger partial charge is 0.399 e. The number of likely N-dealkylation sites (N-methyl/N-ethyl adjacent to an activating group) is 1. The number of nitrogens with two attached hydrogens (primary N) is 2. The van der Waals surface area contributed by atoms with Crippen LogP contribution in [0.3, 0.4) is 0 Å². The Morgan fingerprint density at radius 3 is 2.37 bits per heavy atom. The molecule has 0 bridgehead atoms. The summed E-state index contributed by atoms with van der Waals surface area (Å²) in [5.74, 6) is 0. The molecule has 1 aromatic carbocycles. The lowest BCUT2D eigenvalue weighted by molar-refractivity contribution is 0.112. The summed E-state index contributed by atoms with van der Waals surface area (Å²) in [7, 11) is 1.90. The van der Waals surface area contributed by atoms with Gasteiger partial charge < -0.3 is 16.8 Å². The molecule has 0 fully saturated rings. The Morgan fingerprint density at radius 1 is 1.11 bits per heavy atom. The van der Waals surface area contributed by atoms with E-state index in [0.29, 0.717) is 11.3 Å². The summed E-state index contributed by atoms with van der Waals surface area (Å²) in [5, 5.41) is 3.05. The Hall–Kier alpha value is -2.49. The van der Waals surface area contributed by atoms with E-state index >= 15 is 0 Å². The number of nitrogens with one attached hydrogen (secondary N) is 1. The van der Waals surface area contributed by atoms with Gasteiger partial charge in [-0.3, -0.25) is 4.79 Å². The molecular formula is C15H19N3O. The third kappa shape index (κ3) is 5.59. The van der Waals surface area contributed by atoms with Gasteiger partial charge in [-0.15, -0.1) is 0 Å². The molecule has 0 aliphatic heterocycles. The van der Waals surface area contributed by atoms with Gasteiger partial charge in [-0.25, -0.2) is 0 Å². The van der Waals surface area contributed by atoms with Gasteiger partial charge in [0, 0.05) is 29.7 Å². The number of carbonyl (C=O) groups is 1. The van der Waals surface area contributed by atoms with Crippen LogP contribution in [0.15, 0.2) is 60.0 Å². The third-order valence-corrected chi connectivity index (χ3v) is 2.51. The molecule has 100 valence electrons. The van der Waals surface area contributed by atoms with Gasteiger partial charge in [0.2, 0.25) is 0 Å². The molecule has 0 atom stereocenters. The van der Waals surface area contributed by atoms with Gasteiger partial charge in [0.15, 0.2) is 0 Å². The maximum absolute atomic E-state index is 10.1. The topological polar surface area (TPSA) is 81.1 Å². The van der Waals surface area contributed by atoms with Crippen LogP contribution >= 0.6 is 0 Å². The molecule has 4 nitrogen and oxygen atoms in total. The Bertz CT molecular complexity index is 499. The molecule has 19 heavy (non-hydrogen) atoms. The number of hydrogen-bond acceptors (Lipinski definition) is 4. The van der Waals surface area contributed by atoms with Crippen LogP contribution in [0, 0.1) is 0 Å². The zero-order valence-corrected chi connectivity index (χ0v) is 11.0. The summed E-state index contributed by atoms with van der Waals surface area (Å²) in [4.78, 5) is 10.1. The maximum atomic E-state index is 10.1. The molecule has 1 aliphatic carbocycles. The van der Waals surface area contributed by atoms with Gasteiger partial charge in [0.1, 0.15) is 6.29 Å². The van der Waals surface area contributed by atoms with E-state index in [9.17, 15) is 4.79 Å². The Kier molecular flexibility index (Phi) is 5.95. The van der Waals surface area contributed by atoms with Gasteiger partial charge in [0.25, 0.3) is 0 Å². The SMILES string of the molecule is CNC1=CCC=C(N)C=C1.Nc1ccc(C=O)cc1. The van der Waals surface area contributed by atoms with Crippen LogP contribution in [0.5, 0.6) is 0 Å². The number of aldehydes is 1. The number of allylic oxidation sites excluding steroid dienone is 4. The molecule has 0 radical (unpaired) electrons. The predicted octanol–water partition coefficient (Wildman–Crippen LogP) is 1.97. The van der Waals surface area contributed by atoms with Crippen molar-refractivity contribution in [3.8, 4) is 0 Å². The first-order valence-electron chi connectivity index (χ1n) is 5.98. The van der Waals surface area contributed by atoms with Crippen molar-refractivity contribution in [2.45, 2.75) is 6.42 Å². The van der Waals surface area contributed by atoms with Gasteiger partial charge in [-0.2, -0.15) is 0 Å². The molecule has 0 amide bonds. The molecule has 2 rings (SSSR count). The lowest BCUT2D eigenvalue weighted by atomic mass is 10.2. The lowest BCUT2D eigenvalue weighted by Gasteiger charge is -1.95. The average molecular weight is 257 g/mol. The van der Waals surface area contributed by atoms with E-state index in [1.165, 1.54) is 0 Å². The molecular weight excluding hydrogens is 238 g/mol. The van der Waals surface area contributed by atoms with E-state index in [2.05, 4.69) is 11.4 Å². The van der Waals surface area contributed by atoms with E-state index in [0.717, 1.165) is 24.1 Å². The van der Waals surface area contributed by atoms with Crippen molar-refractivity contribution in [3.63, 3.8) is 0 Å². The minimum absolute atomic E-state index is 0.657. The first kappa shape index (κ1) is 14.6. The van der Waals surface area contributed by atoms with E-state index in [-0.39, 0.29) is 0 Å². The predicted molar refractivity (Wildman–Crippen MR) is 79.4 cm³/mol. The maximum Gasteiger partial charge on any atom is 0.150 e. The summed E-state index contributed by atoms with van der Waals surface area (Å²) in [6.45, 7) is 0. The highest BCUT2D eigenvalue weighted by molar-refractivity contribution is 5.75. The van der Waals surface area contributed by atoms with Gasteiger partial charge in [-0.05, 0) is 42.8 Å². The first-order chi connectivity index (χ1) is 9.15. The number of rotatable bonds is 2. The Balaban J connectivity index is 0.000000191. The fourth-order valence-electron chi connectivity index (χ4n) is 1.40. The van der Waals surface area contributed by atoms with Crippen LogP contribution < -0.4 is 16.8 Å². The van der Waals surface area contributed by atoms with Crippen LogP contribution in [0.4, 0.5) is 5.69 Å². The smallest absolute Gasteiger partial charge is 0.150 e. The number of benzene rings is 1. The van der Waals surface area contributed by atoms with E-state index in [4.69, 9.17) is 11.5 Å². The second-order valence-corrected chi connectivity index (χ2v) is 3.97. The zero-order valence-electron chi connectivity index (χ0n) is 11.0. The fraction of sp³-hybridized carbons (Fsp3) is 0.133. The summed E-state index contributed by atoms with van der Waals surface area (Å²) in [6, 6.07) is 6.76. The van der Waals surface area contributed by atoms with Crippen molar-refractivity contribution in [1.82, 2.24) is 5.32 Å². The van der Waals surface area contributed by atoms with Crippen LogP contribution in [-0.4, -0.2) is 13.3 Å². The molecule has 0 unspecified atom stereocenters. The second-order valence-electron chi connectivity index (χ2n) is 3.97. The standard InChI is InChI=1S/C8H12N2.C7H7NO/c1-10-8-4-2-3-7(9)5-6-8;8-7-3-1-6(5-9)2-4-7/h3-6,10H,2,9H2,1H3;1-5H,8H2. The van der Waals surface area contributed by atoms with Crippen molar-refractivity contribution in [1.29, 1.82) is 0 Å². The second kappa shape index (κ2) is 7.76. The highest BCUT2D eigenvalue weighted by atomic mass is 16.1. The number of carbonyl (C=O) groups excluding carboxylic acids is 1. The van der Waals surface area contributed by atoms with E-state index < -0.39 is 0 Å². The summed E-state index contributed by atoms with van der Waals surface area (Å²) >= 11 is 0. The summed E-state index contributed by atoms with van der Waals surface area (Å²) in [6.07, 6.45) is 9.65. The highest BCUT2D eigenvalue weighted by Gasteiger charge is 1.91. The summed E-state index contributed by atoms with van der Waals surface area (Å²) < 4.78 is 0. The molecule has 0 saturated carbocycles. The third-order valence-electron chi connectivity index (χ3n) is 2.51. The van der Waals surface area contributed by atoms with Crippen LogP contribution in [0.25, 0.3) is 0 Å². The molecule has 1 aliphatic rings. The van der Waals surface area contributed by atoms with E-state index in [1.54, 1.807) is 24.3 Å². The average Bonchev–Trinajstić information content (AvgIpc) is 2.65. The van der Waals surface area contributed by atoms with Gasteiger partial charge in [0.05, 0.1) is 0 Å². The minimum atomic E-state index is 0.657. The Labute approximate surface area is 113 Å².